The van der Waals surface area contributed by atoms with E-state index in [4.69, 9.17) is 4.74 Å². The van der Waals surface area contributed by atoms with Crippen molar-refractivity contribution in [2.24, 2.45) is 7.05 Å². The number of carbonyl (C=O) groups excluding carboxylic acids is 2. The number of morpholine rings is 1. The molecular weight excluding hydrogens is 414 g/mol. The molecule has 4 rings (SSSR count). The van der Waals surface area contributed by atoms with Gasteiger partial charge in [-0.1, -0.05) is 12.1 Å². The fraction of sp³-hybridized carbons (Fsp3) is 0.364. The zero-order valence-corrected chi connectivity index (χ0v) is 18.6. The van der Waals surface area contributed by atoms with Crippen LogP contribution in [0.1, 0.15) is 40.3 Å². The van der Waals surface area contributed by atoms with Gasteiger partial charge in [0.25, 0.3) is 11.8 Å². The molecule has 31 heavy (non-hydrogen) atoms. The van der Waals surface area contributed by atoms with Crippen molar-refractivity contribution in [3.05, 3.63) is 58.9 Å². The van der Waals surface area contributed by atoms with Gasteiger partial charge in [0, 0.05) is 49.4 Å². The first-order chi connectivity index (χ1) is 14.9. The monoisotopic (exact) mass is 439 g/mol. The van der Waals surface area contributed by atoms with Crippen LogP contribution in [0.2, 0.25) is 0 Å². The maximum absolute atomic E-state index is 12.8. The Balaban J connectivity index is 1.33. The zero-order valence-electron chi connectivity index (χ0n) is 17.7. The highest BCUT2D eigenvalue weighted by Gasteiger charge is 2.26. The number of nitrogens with one attached hydrogen (secondary N) is 1. The number of thiazole rings is 1. The summed E-state index contributed by atoms with van der Waals surface area (Å²) in [4.78, 5) is 31.4. The molecule has 9 heteroatoms. The highest BCUT2D eigenvalue weighted by atomic mass is 32.1. The van der Waals surface area contributed by atoms with E-state index >= 15 is 0 Å². The van der Waals surface area contributed by atoms with Gasteiger partial charge in [0.15, 0.2) is 0 Å². The predicted molar refractivity (Wildman–Crippen MR) is 118 cm³/mol. The highest BCUT2D eigenvalue weighted by Crippen LogP contribution is 2.23. The second kappa shape index (κ2) is 8.99. The van der Waals surface area contributed by atoms with Crippen LogP contribution in [0.3, 0.4) is 0 Å². The number of carbonyl (C=O) groups is 2. The van der Waals surface area contributed by atoms with Crippen molar-refractivity contribution in [2.75, 3.05) is 13.1 Å². The van der Waals surface area contributed by atoms with E-state index in [2.05, 4.69) is 15.4 Å². The van der Waals surface area contributed by atoms with E-state index in [1.54, 1.807) is 28.4 Å². The molecule has 2 unspecified atom stereocenters. The van der Waals surface area contributed by atoms with Gasteiger partial charge >= 0.3 is 0 Å². The Hall–Kier alpha value is -3.04. The number of nitrogens with zero attached hydrogens (tertiary/aromatic N) is 4. The number of hydrogen-bond acceptors (Lipinski definition) is 6. The van der Waals surface area contributed by atoms with Gasteiger partial charge in [-0.15, -0.1) is 11.3 Å². The summed E-state index contributed by atoms with van der Waals surface area (Å²) in [6.07, 6.45) is 3.65. The number of amides is 2. The van der Waals surface area contributed by atoms with Gasteiger partial charge in [-0.25, -0.2) is 4.98 Å². The van der Waals surface area contributed by atoms with Crippen LogP contribution in [0.4, 0.5) is 0 Å². The van der Waals surface area contributed by atoms with E-state index in [-0.39, 0.29) is 24.0 Å². The Labute approximate surface area is 184 Å². The largest absolute Gasteiger partial charge is 0.372 e. The lowest BCUT2D eigenvalue weighted by molar-refractivity contribution is -0.0586. The number of aromatic nitrogens is 3. The van der Waals surface area contributed by atoms with Gasteiger partial charge in [-0.3, -0.25) is 14.3 Å². The van der Waals surface area contributed by atoms with E-state index in [1.165, 1.54) is 11.3 Å². The minimum atomic E-state index is -0.233. The van der Waals surface area contributed by atoms with Crippen molar-refractivity contribution in [3.8, 4) is 10.6 Å². The molecule has 1 aromatic carbocycles. The van der Waals surface area contributed by atoms with Crippen LogP contribution in [0.25, 0.3) is 10.6 Å². The lowest BCUT2D eigenvalue weighted by Gasteiger charge is -2.35. The smallest absolute Gasteiger partial charge is 0.271 e. The summed E-state index contributed by atoms with van der Waals surface area (Å²) >= 11 is 1.41. The molecule has 1 fully saturated rings. The maximum atomic E-state index is 12.8. The molecule has 8 nitrogen and oxygen atoms in total. The number of hydrogen-bond donors (Lipinski definition) is 1. The van der Waals surface area contributed by atoms with Crippen molar-refractivity contribution in [1.82, 2.24) is 25.0 Å². The van der Waals surface area contributed by atoms with E-state index in [9.17, 15) is 9.59 Å². The average Bonchev–Trinajstić information content (AvgIpc) is 3.40. The lowest BCUT2D eigenvalue weighted by Crippen LogP contribution is -2.48. The molecule has 1 aliphatic heterocycles. The van der Waals surface area contributed by atoms with Crippen LogP contribution < -0.4 is 5.32 Å². The van der Waals surface area contributed by atoms with Crippen molar-refractivity contribution in [3.63, 3.8) is 0 Å². The molecule has 0 spiro atoms. The summed E-state index contributed by atoms with van der Waals surface area (Å²) in [6.45, 7) is 5.50. The van der Waals surface area contributed by atoms with Crippen molar-refractivity contribution in [2.45, 2.75) is 32.6 Å². The Kier molecular flexibility index (Phi) is 6.15. The molecule has 3 heterocycles. The number of aryl methyl sites for hydroxylation is 1. The molecule has 0 radical (unpaired) electrons. The Bertz CT molecular complexity index is 1070. The summed E-state index contributed by atoms with van der Waals surface area (Å²) in [5, 5.41) is 9.51. The molecule has 0 saturated carbocycles. The van der Waals surface area contributed by atoms with Crippen LogP contribution in [-0.2, 0) is 18.3 Å². The second-order valence-corrected chi connectivity index (χ2v) is 8.65. The number of ether oxygens (including phenoxy) is 1. The van der Waals surface area contributed by atoms with Crippen LogP contribution in [-0.4, -0.2) is 56.8 Å². The molecule has 0 bridgehead atoms. The Morgan fingerprint density at radius 2 is 1.90 bits per heavy atom. The SMILES string of the molecule is CC1CN(C(=O)c2ccc(CNC(=O)c3csc(-c4cnn(C)c4)n3)cc2)CC(C)O1. The van der Waals surface area contributed by atoms with E-state index in [0.717, 1.165) is 16.1 Å². The van der Waals surface area contributed by atoms with Gasteiger partial charge in [-0.2, -0.15) is 5.10 Å². The standard InChI is InChI=1S/C22H25N5O3S/c1-14-10-27(11-15(2)30-14)22(29)17-6-4-16(5-7-17)8-23-20(28)19-13-31-21(25-19)18-9-24-26(3)12-18/h4-7,9,12-15H,8,10-11H2,1-3H3,(H,23,28). The second-order valence-electron chi connectivity index (χ2n) is 7.79. The average molecular weight is 440 g/mol. The van der Waals surface area contributed by atoms with Crippen LogP contribution in [0, 0.1) is 0 Å². The molecule has 2 aromatic heterocycles. The van der Waals surface area contributed by atoms with Crippen LogP contribution in [0.15, 0.2) is 42.0 Å². The van der Waals surface area contributed by atoms with E-state index in [1.807, 2.05) is 44.1 Å². The Morgan fingerprint density at radius 1 is 1.19 bits per heavy atom. The van der Waals surface area contributed by atoms with E-state index in [0.29, 0.717) is 30.9 Å². The molecule has 3 aromatic rings. The fourth-order valence-electron chi connectivity index (χ4n) is 3.61. The van der Waals surface area contributed by atoms with Crippen molar-refractivity contribution >= 4 is 23.2 Å². The third-order valence-corrected chi connectivity index (χ3v) is 5.94. The molecule has 0 aliphatic carbocycles. The molecule has 1 saturated heterocycles. The predicted octanol–water partition coefficient (Wildman–Crippen LogP) is 2.72. The topological polar surface area (TPSA) is 89.4 Å². The van der Waals surface area contributed by atoms with Crippen LogP contribution >= 0.6 is 11.3 Å². The molecular formula is C22H25N5O3S. The number of benzene rings is 1. The molecule has 1 N–H and O–H groups in total. The Morgan fingerprint density at radius 3 is 2.55 bits per heavy atom. The summed E-state index contributed by atoms with van der Waals surface area (Å²) in [5.41, 5.74) is 2.82. The van der Waals surface area contributed by atoms with Gasteiger partial charge < -0.3 is 15.0 Å². The first-order valence-electron chi connectivity index (χ1n) is 10.2. The van der Waals surface area contributed by atoms with Gasteiger partial charge in [-0.05, 0) is 31.5 Å². The first kappa shape index (κ1) is 21.2. The summed E-state index contributed by atoms with van der Waals surface area (Å²) in [6, 6.07) is 7.34. The molecule has 1 aliphatic rings. The van der Waals surface area contributed by atoms with Gasteiger partial charge in [0.1, 0.15) is 10.7 Å². The first-order valence-corrected chi connectivity index (χ1v) is 11.0. The fourth-order valence-corrected chi connectivity index (χ4v) is 4.38. The third-order valence-electron chi connectivity index (χ3n) is 5.05. The number of rotatable bonds is 5. The highest BCUT2D eigenvalue weighted by molar-refractivity contribution is 7.13. The summed E-state index contributed by atoms with van der Waals surface area (Å²) in [5.74, 6) is -0.231. The maximum Gasteiger partial charge on any atom is 0.271 e. The minimum absolute atomic E-state index is 0.00277. The summed E-state index contributed by atoms with van der Waals surface area (Å²) < 4.78 is 7.40. The molecule has 2 amide bonds. The third kappa shape index (κ3) is 5.00. The van der Waals surface area contributed by atoms with E-state index < -0.39 is 0 Å². The quantitative estimate of drug-likeness (QED) is 0.660. The minimum Gasteiger partial charge on any atom is -0.372 e. The van der Waals surface area contributed by atoms with Gasteiger partial charge in [0.05, 0.1) is 18.4 Å². The van der Waals surface area contributed by atoms with Crippen LogP contribution in [0.5, 0.6) is 0 Å². The van der Waals surface area contributed by atoms with Crippen molar-refractivity contribution < 1.29 is 14.3 Å². The van der Waals surface area contributed by atoms with Gasteiger partial charge in [0.2, 0.25) is 0 Å². The van der Waals surface area contributed by atoms with Crippen molar-refractivity contribution in [1.29, 1.82) is 0 Å². The summed E-state index contributed by atoms with van der Waals surface area (Å²) in [7, 11) is 1.84. The lowest BCUT2D eigenvalue weighted by atomic mass is 10.1. The zero-order chi connectivity index (χ0) is 22.0. The molecule has 162 valence electrons. The normalized spacial score (nSPS) is 18.7. The molecule has 2 atom stereocenters.